The average Bonchev–Trinajstić information content (AvgIpc) is 2.88. The molecule has 2 aromatic heterocycles. The molecule has 8 heteroatoms. The Labute approximate surface area is 209 Å². The molecule has 4 aliphatic rings. The van der Waals surface area contributed by atoms with Crippen LogP contribution in [0.1, 0.15) is 54.5 Å². The highest BCUT2D eigenvalue weighted by molar-refractivity contribution is 5.94. The van der Waals surface area contributed by atoms with Crippen molar-refractivity contribution in [1.29, 1.82) is 0 Å². The third-order valence-electron chi connectivity index (χ3n) is 8.15. The summed E-state index contributed by atoms with van der Waals surface area (Å²) in [5.41, 5.74) is 4.40. The lowest BCUT2D eigenvalue weighted by molar-refractivity contribution is -0.165. The summed E-state index contributed by atoms with van der Waals surface area (Å²) in [5, 5.41) is 7.37. The fraction of sp³-hybridized carbons (Fsp3) is 0.464. The minimum atomic E-state index is -0.231. The van der Waals surface area contributed by atoms with Crippen molar-refractivity contribution >= 4 is 22.6 Å². The van der Waals surface area contributed by atoms with Crippen LogP contribution in [0, 0.1) is 19.7 Å². The van der Waals surface area contributed by atoms with E-state index < -0.39 is 0 Å². The van der Waals surface area contributed by atoms with Gasteiger partial charge in [-0.2, -0.15) is 0 Å². The summed E-state index contributed by atoms with van der Waals surface area (Å²) in [7, 11) is 0. The number of pyridine rings is 2. The fourth-order valence-corrected chi connectivity index (χ4v) is 5.99. The summed E-state index contributed by atoms with van der Waals surface area (Å²) >= 11 is 0. The highest BCUT2D eigenvalue weighted by atomic mass is 19.1. The molecule has 1 aromatic carbocycles. The molecular formula is C28H31FN4O3. The summed E-state index contributed by atoms with van der Waals surface area (Å²) in [6, 6.07) is 7.92. The molecule has 0 spiro atoms. The number of amides is 1. The molecule has 2 saturated heterocycles. The number of hydrogen-bond donors (Lipinski definition) is 2. The molecule has 5 heterocycles. The number of aromatic nitrogens is 2. The first-order chi connectivity index (χ1) is 17.3. The molecule has 3 aliphatic heterocycles. The Morgan fingerprint density at radius 3 is 2.78 bits per heavy atom. The minimum absolute atomic E-state index is 0.0256. The number of rotatable bonds is 6. The number of benzene rings is 1. The molecule has 7 rings (SSSR count). The van der Waals surface area contributed by atoms with E-state index in [4.69, 9.17) is 9.47 Å². The van der Waals surface area contributed by atoms with E-state index >= 15 is 0 Å². The molecule has 1 amide bonds. The maximum atomic E-state index is 14.9. The van der Waals surface area contributed by atoms with Gasteiger partial charge in [0, 0.05) is 17.5 Å². The predicted octanol–water partition coefficient (Wildman–Crippen LogP) is 4.52. The largest absolute Gasteiger partial charge is 0.480 e. The summed E-state index contributed by atoms with van der Waals surface area (Å²) in [6.07, 6.45) is 6.72. The number of fused-ring (bicyclic) bond motifs is 5. The van der Waals surface area contributed by atoms with E-state index in [-0.39, 0.29) is 29.5 Å². The van der Waals surface area contributed by atoms with Crippen molar-refractivity contribution in [3.63, 3.8) is 0 Å². The van der Waals surface area contributed by atoms with Crippen molar-refractivity contribution in [2.45, 2.75) is 70.1 Å². The van der Waals surface area contributed by atoms with Crippen LogP contribution in [0.4, 0.5) is 10.2 Å². The van der Waals surface area contributed by atoms with Crippen molar-refractivity contribution in [2.75, 3.05) is 18.5 Å². The molecule has 1 aliphatic carbocycles. The third kappa shape index (κ3) is 4.22. The molecule has 1 saturated carbocycles. The van der Waals surface area contributed by atoms with Gasteiger partial charge in [0.15, 0.2) is 18.2 Å². The second-order valence-corrected chi connectivity index (χ2v) is 10.7. The Kier molecular flexibility index (Phi) is 5.68. The number of nitrogens with zero attached hydrogens (tertiary/aromatic N) is 2. The highest BCUT2D eigenvalue weighted by Crippen LogP contribution is 2.46. The van der Waals surface area contributed by atoms with Crippen molar-refractivity contribution < 1.29 is 18.7 Å². The van der Waals surface area contributed by atoms with Crippen LogP contribution in [0.25, 0.3) is 10.9 Å². The molecule has 3 aromatic rings. The van der Waals surface area contributed by atoms with E-state index in [1.165, 1.54) is 6.20 Å². The first kappa shape index (κ1) is 23.3. The monoisotopic (exact) mass is 490 g/mol. The van der Waals surface area contributed by atoms with Gasteiger partial charge in [-0.15, -0.1) is 0 Å². The fourth-order valence-electron chi connectivity index (χ4n) is 5.99. The van der Waals surface area contributed by atoms with Crippen LogP contribution in [0.15, 0.2) is 30.5 Å². The summed E-state index contributed by atoms with van der Waals surface area (Å²) in [4.78, 5) is 20.5. The van der Waals surface area contributed by atoms with E-state index in [1.807, 2.05) is 26.0 Å². The van der Waals surface area contributed by atoms with Crippen LogP contribution in [0.3, 0.4) is 0 Å². The van der Waals surface area contributed by atoms with Gasteiger partial charge in [-0.05, 0) is 81.7 Å². The van der Waals surface area contributed by atoms with Crippen molar-refractivity contribution in [3.8, 4) is 5.75 Å². The molecule has 36 heavy (non-hydrogen) atoms. The summed E-state index contributed by atoms with van der Waals surface area (Å²) in [5.74, 6) is 0.661. The number of hydrogen-bond acceptors (Lipinski definition) is 6. The number of aryl methyl sites for hydroxylation is 3. The molecule has 0 unspecified atom stereocenters. The zero-order valence-corrected chi connectivity index (χ0v) is 20.7. The molecule has 2 N–H and O–H groups in total. The lowest BCUT2D eigenvalue weighted by atomic mass is 9.69. The number of anilines is 1. The molecule has 2 bridgehead atoms. The standard InChI is InChI=1S/C28H31FN4O3/c1-17-11-18(2)25-21(12-17)20(22(29)14-30-25)5-6-28-9-7-27(8-10-28,16-36-28)31-13-19-3-4-23-26(32-19)33-24(34)15-35-23/h3-4,11-12,14,31H,5-10,13,15-16H2,1-2H3,(H,32,33,34). The van der Waals surface area contributed by atoms with Crippen molar-refractivity contribution in [2.24, 2.45) is 0 Å². The first-order valence-electron chi connectivity index (χ1n) is 12.7. The average molecular weight is 491 g/mol. The van der Waals surface area contributed by atoms with Gasteiger partial charge in [-0.25, -0.2) is 9.37 Å². The Morgan fingerprint density at radius 1 is 1.17 bits per heavy atom. The van der Waals surface area contributed by atoms with E-state index in [2.05, 4.69) is 32.7 Å². The topological polar surface area (TPSA) is 85.4 Å². The van der Waals surface area contributed by atoms with Gasteiger partial charge < -0.3 is 20.1 Å². The Balaban J connectivity index is 1.11. The Morgan fingerprint density at radius 2 is 2.00 bits per heavy atom. The van der Waals surface area contributed by atoms with Crippen LogP contribution in [-0.2, 0) is 22.5 Å². The summed E-state index contributed by atoms with van der Waals surface area (Å²) < 4.78 is 26.8. The van der Waals surface area contributed by atoms with Gasteiger partial charge in [0.05, 0.1) is 29.6 Å². The number of carbonyl (C=O) groups is 1. The second-order valence-electron chi connectivity index (χ2n) is 10.7. The number of halogens is 1. The quantitative estimate of drug-likeness (QED) is 0.529. The van der Waals surface area contributed by atoms with Gasteiger partial charge in [-0.3, -0.25) is 9.78 Å². The normalized spacial score (nSPS) is 24.9. The number of carbonyl (C=O) groups excluding carboxylic acids is 1. The third-order valence-corrected chi connectivity index (χ3v) is 8.15. The van der Waals surface area contributed by atoms with Crippen LogP contribution in [-0.4, -0.2) is 40.2 Å². The van der Waals surface area contributed by atoms with Crippen LogP contribution in [0.5, 0.6) is 5.75 Å². The smallest absolute Gasteiger partial charge is 0.263 e. The van der Waals surface area contributed by atoms with Gasteiger partial charge in [0.25, 0.3) is 5.91 Å². The lowest BCUT2D eigenvalue weighted by Crippen LogP contribution is -2.61. The number of nitrogens with one attached hydrogen (secondary N) is 2. The first-order valence-corrected chi connectivity index (χ1v) is 12.7. The zero-order valence-electron chi connectivity index (χ0n) is 20.7. The predicted molar refractivity (Wildman–Crippen MR) is 135 cm³/mol. The molecule has 188 valence electrons. The molecular weight excluding hydrogens is 459 g/mol. The molecule has 3 fully saturated rings. The second kappa shape index (κ2) is 8.78. The molecule has 0 radical (unpaired) electrons. The minimum Gasteiger partial charge on any atom is -0.480 e. The van der Waals surface area contributed by atoms with Crippen molar-refractivity contribution in [3.05, 3.63) is 58.7 Å². The van der Waals surface area contributed by atoms with E-state index in [1.54, 1.807) is 0 Å². The highest BCUT2D eigenvalue weighted by Gasteiger charge is 2.49. The van der Waals surface area contributed by atoms with Gasteiger partial charge in [-0.1, -0.05) is 11.6 Å². The number of ether oxygens (including phenoxy) is 2. The van der Waals surface area contributed by atoms with E-state index in [9.17, 15) is 9.18 Å². The van der Waals surface area contributed by atoms with Crippen molar-refractivity contribution in [1.82, 2.24) is 15.3 Å². The summed E-state index contributed by atoms with van der Waals surface area (Å²) in [6.45, 7) is 5.32. The van der Waals surface area contributed by atoms with Crippen LogP contribution >= 0.6 is 0 Å². The Hall–Kier alpha value is -3.10. The molecule has 0 atom stereocenters. The lowest BCUT2D eigenvalue weighted by Gasteiger charge is -2.53. The maximum absolute atomic E-state index is 14.9. The van der Waals surface area contributed by atoms with E-state index in [0.29, 0.717) is 31.1 Å². The van der Waals surface area contributed by atoms with Gasteiger partial charge >= 0.3 is 0 Å². The Bertz CT molecular complexity index is 1330. The van der Waals surface area contributed by atoms with Crippen LogP contribution in [0.2, 0.25) is 0 Å². The van der Waals surface area contributed by atoms with Gasteiger partial charge in [0.1, 0.15) is 5.82 Å². The van der Waals surface area contributed by atoms with Crippen LogP contribution < -0.4 is 15.4 Å². The maximum Gasteiger partial charge on any atom is 0.263 e. The van der Waals surface area contributed by atoms with E-state index in [0.717, 1.165) is 65.4 Å². The SMILES string of the molecule is Cc1cc(C)c2ncc(F)c(CCC34CCC(NCc5ccc6c(n5)NC(=O)CO6)(CC3)CO4)c2c1. The van der Waals surface area contributed by atoms with Gasteiger partial charge in [0.2, 0.25) is 0 Å². The zero-order chi connectivity index (χ0) is 24.9. The molecule has 7 nitrogen and oxygen atoms in total.